The van der Waals surface area contributed by atoms with Gasteiger partial charge in [0.05, 0.1) is 12.2 Å². The van der Waals surface area contributed by atoms with Crippen LogP contribution in [0.1, 0.15) is 25.7 Å². The van der Waals surface area contributed by atoms with Gasteiger partial charge in [-0.25, -0.2) is 0 Å². The molecule has 2 heterocycles. The molecular formula is C14H24N2O2. The van der Waals surface area contributed by atoms with E-state index < -0.39 is 0 Å². The van der Waals surface area contributed by atoms with Crippen LogP contribution in [0.3, 0.4) is 0 Å². The van der Waals surface area contributed by atoms with Crippen LogP contribution in [0.5, 0.6) is 0 Å². The second-order valence-corrected chi connectivity index (χ2v) is 6.02. The Morgan fingerprint density at radius 1 is 1.22 bits per heavy atom. The molecule has 1 saturated carbocycles. The van der Waals surface area contributed by atoms with E-state index in [1.165, 1.54) is 24.2 Å². The van der Waals surface area contributed by atoms with Crippen molar-refractivity contribution in [3.05, 3.63) is 11.4 Å². The molecule has 3 rings (SSSR count). The molecule has 1 fully saturated rings. The number of hydrogen-bond acceptors (Lipinski definition) is 4. The van der Waals surface area contributed by atoms with E-state index in [4.69, 9.17) is 4.74 Å². The van der Waals surface area contributed by atoms with Crippen molar-refractivity contribution in [2.45, 2.75) is 37.9 Å². The van der Waals surface area contributed by atoms with Crippen LogP contribution in [0.25, 0.3) is 0 Å². The minimum absolute atomic E-state index is 0.279. The zero-order chi connectivity index (χ0) is 12.7. The van der Waals surface area contributed by atoms with Gasteiger partial charge in [0.2, 0.25) is 0 Å². The molecule has 0 bridgehead atoms. The Labute approximate surface area is 109 Å². The van der Waals surface area contributed by atoms with Crippen molar-refractivity contribution < 1.29 is 9.84 Å². The minimum Gasteiger partial charge on any atom is -0.396 e. The summed E-state index contributed by atoms with van der Waals surface area (Å²) >= 11 is 0. The van der Waals surface area contributed by atoms with Crippen molar-refractivity contribution in [2.75, 3.05) is 33.8 Å². The van der Waals surface area contributed by atoms with Gasteiger partial charge in [-0.1, -0.05) is 0 Å². The van der Waals surface area contributed by atoms with Gasteiger partial charge >= 0.3 is 0 Å². The van der Waals surface area contributed by atoms with Crippen LogP contribution in [0.15, 0.2) is 11.4 Å². The molecule has 2 unspecified atom stereocenters. The second-order valence-electron chi connectivity index (χ2n) is 6.02. The summed E-state index contributed by atoms with van der Waals surface area (Å²) < 4.78 is 6.17. The average molecular weight is 252 g/mol. The normalized spacial score (nSPS) is 32.8. The Morgan fingerprint density at radius 2 is 2.00 bits per heavy atom. The first-order valence-electron chi connectivity index (χ1n) is 7.10. The first kappa shape index (κ1) is 12.3. The van der Waals surface area contributed by atoms with Crippen molar-refractivity contribution >= 4 is 0 Å². The van der Waals surface area contributed by atoms with Gasteiger partial charge < -0.3 is 19.6 Å². The Hall–Kier alpha value is -0.740. The molecule has 0 saturated heterocycles. The summed E-state index contributed by atoms with van der Waals surface area (Å²) in [7, 11) is 4.30. The molecule has 0 radical (unpaired) electrons. The van der Waals surface area contributed by atoms with Crippen LogP contribution in [-0.2, 0) is 4.74 Å². The zero-order valence-corrected chi connectivity index (χ0v) is 11.4. The van der Waals surface area contributed by atoms with E-state index in [1.54, 1.807) is 0 Å². The van der Waals surface area contributed by atoms with Crippen molar-refractivity contribution in [3.8, 4) is 0 Å². The first-order chi connectivity index (χ1) is 8.69. The van der Waals surface area contributed by atoms with Crippen molar-refractivity contribution in [2.24, 2.45) is 5.92 Å². The van der Waals surface area contributed by atoms with Crippen LogP contribution in [0.4, 0.5) is 0 Å². The molecule has 4 heteroatoms. The van der Waals surface area contributed by atoms with Crippen LogP contribution < -0.4 is 0 Å². The number of aliphatic hydroxyl groups excluding tert-OH is 1. The minimum atomic E-state index is 0.279. The van der Waals surface area contributed by atoms with Crippen LogP contribution in [-0.4, -0.2) is 60.9 Å². The Kier molecular flexibility index (Phi) is 3.24. The van der Waals surface area contributed by atoms with E-state index in [-0.39, 0.29) is 6.61 Å². The summed E-state index contributed by atoms with van der Waals surface area (Å²) in [5.74, 6) is 1.71. The predicted molar refractivity (Wildman–Crippen MR) is 70.0 cm³/mol. The number of hydrogen-bond donors (Lipinski definition) is 1. The topological polar surface area (TPSA) is 35.9 Å². The fourth-order valence-electron chi connectivity index (χ4n) is 3.30. The highest BCUT2D eigenvalue weighted by Crippen LogP contribution is 2.37. The molecule has 1 aliphatic carbocycles. The van der Waals surface area contributed by atoms with Gasteiger partial charge in [-0.05, 0) is 31.3 Å². The first-order valence-corrected chi connectivity index (χ1v) is 7.10. The lowest BCUT2D eigenvalue weighted by Gasteiger charge is -2.45. The monoisotopic (exact) mass is 252 g/mol. The second kappa shape index (κ2) is 4.74. The third-order valence-corrected chi connectivity index (χ3v) is 4.31. The number of aliphatic hydroxyl groups is 1. The third-order valence-electron chi connectivity index (χ3n) is 4.31. The fraction of sp³-hybridized carbons (Fsp3) is 0.857. The quantitative estimate of drug-likeness (QED) is 0.814. The van der Waals surface area contributed by atoms with E-state index in [0.717, 1.165) is 25.9 Å². The highest BCUT2D eigenvalue weighted by molar-refractivity contribution is 5.23. The molecule has 102 valence electrons. The lowest BCUT2D eigenvalue weighted by molar-refractivity contribution is 0.0223. The number of ether oxygens (including phenoxy) is 1. The van der Waals surface area contributed by atoms with Crippen LogP contribution >= 0.6 is 0 Å². The van der Waals surface area contributed by atoms with Gasteiger partial charge in [0, 0.05) is 39.7 Å². The molecule has 0 aromatic heterocycles. The van der Waals surface area contributed by atoms with Crippen molar-refractivity contribution in [3.63, 3.8) is 0 Å². The maximum absolute atomic E-state index is 9.44. The Bertz CT molecular complexity index is 352. The van der Waals surface area contributed by atoms with E-state index in [2.05, 4.69) is 23.9 Å². The van der Waals surface area contributed by atoms with Gasteiger partial charge in [0.1, 0.15) is 5.82 Å². The molecule has 2 aliphatic heterocycles. The number of rotatable bonds is 3. The largest absolute Gasteiger partial charge is 0.396 e. The third kappa shape index (κ3) is 2.24. The molecule has 18 heavy (non-hydrogen) atoms. The molecule has 4 nitrogen and oxygen atoms in total. The van der Waals surface area contributed by atoms with Gasteiger partial charge in [0.25, 0.3) is 0 Å². The molecule has 0 aromatic rings. The molecule has 0 aromatic carbocycles. The molecule has 2 atom stereocenters. The summed E-state index contributed by atoms with van der Waals surface area (Å²) in [4.78, 5) is 4.64. The highest BCUT2D eigenvalue weighted by Gasteiger charge is 2.37. The lowest BCUT2D eigenvalue weighted by Crippen LogP contribution is -2.46. The van der Waals surface area contributed by atoms with Crippen LogP contribution in [0.2, 0.25) is 0 Å². The van der Waals surface area contributed by atoms with E-state index in [9.17, 15) is 5.11 Å². The van der Waals surface area contributed by atoms with Gasteiger partial charge in [-0.15, -0.1) is 0 Å². The van der Waals surface area contributed by atoms with Crippen molar-refractivity contribution in [1.82, 2.24) is 9.80 Å². The maximum Gasteiger partial charge on any atom is 0.105 e. The van der Waals surface area contributed by atoms with E-state index in [0.29, 0.717) is 18.1 Å². The summed E-state index contributed by atoms with van der Waals surface area (Å²) in [5.41, 5.74) is 1.42. The summed E-state index contributed by atoms with van der Waals surface area (Å²) in [6.07, 6.45) is 5.35. The van der Waals surface area contributed by atoms with Gasteiger partial charge in [-0.2, -0.15) is 0 Å². The predicted octanol–water partition coefficient (Wildman–Crippen LogP) is 1.03. The Balaban J connectivity index is 1.84. The summed E-state index contributed by atoms with van der Waals surface area (Å²) in [6, 6.07) is 0. The fourth-order valence-corrected chi connectivity index (χ4v) is 3.30. The van der Waals surface area contributed by atoms with E-state index in [1.807, 2.05) is 0 Å². The molecular weight excluding hydrogens is 228 g/mol. The van der Waals surface area contributed by atoms with E-state index >= 15 is 0 Å². The molecule has 0 spiro atoms. The number of nitrogens with zero attached hydrogens (tertiary/aromatic N) is 2. The Morgan fingerprint density at radius 3 is 2.67 bits per heavy atom. The SMILES string of the molecule is CN1CCC(OC2CC2)C2=C1N(C)CC(CO)C2. The van der Waals surface area contributed by atoms with Crippen molar-refractivity contribution in [1.29, 1.82) is 0 Å². The molecule has 0 amide bonds. The smallest absolute Gasteiger partial charge is 0.105 e. The standard InChI is InChI=1S/C14H24N2O2/c1-15-6-5-13(18-11-3-4-11)12-7-10(9-17)8-16(2)14(12)15/h10-11,13,17H,3-9H2,1-2H3. The highest BCUT2D eigenvalue weighted by atomic mass is 16.5. The van der Waals surface area contributed by atoms with Crippen LogP contribution in [0, 0.1) is 5.92 Å². The molecule has 3 aliphatic rings. The summed E-state index contributed by atoms with van der Waals surface area (Å²) in [5, 5.41) is 9.44. The average Bonchev–Trinajstić information content (AvgIpc) is 3.16. The lowest BCUT2D eigenvalue weighted by atomic mass is 9.88. The van der Waals surface area contributed by atoms with Gasteiger partial charge in [-0.3, -0.25) is 0 Å². The zero-order valence-electron chi connectivity index (χ0n) is 11.4. The maximum atomic E-state index is 9.44. The van der Waals surface area contributed by atoms with Gasteiger partial charge in [0.15, 0.2) is 0 Å². The molecule has 1 N–H and O–H groups in total. The summed E-state index contributed by atoms with van der Waals surface area (Å²) in [6.45, 7) is 2.31.